The van der Waals surface area contributed by atoms with Crippen molar-refractivity contribution in [3.63, 3.8) is 0 Å². The van der Waals surface area contributed by atoms with Crippen molar-refractivity contribution in [2.24, 2.45) is 11.7 Å². The Labute approximate surface area is 132 Å². The van der Waals surface area contributed by atoms with Crippen LogP contribution in [0.3, 0.4) is 0 Å². The molecule has 6 heteroatoms. The normalized spacial score (nSPS) is 22.1. The van der Waals surface area contributed by atoms with E-state index in [-0.39, 0.29) is 17.5 Å². The average Bonchev–Trinajstić information content (AvgIpc) is 2.65. The minimum Gasteiger partial charge on any atom is -0.348 e. The fourth-order valence-corrected chi connectivity index (χ4v) is 4.81. The molecule has 0 spiro atoms. The van der Waals surface area contributed by atoms with Crippen molar-refractivity contribution in [1.82, 2.24) is 10.2 Å². The number of nitrogens with two attached hydrogens (primary N) is 1. The van der Waals surface area contributed by atoms with Gasteiger partial charge < -0.3 is 11.1 Å². The van der Waals surface area contributed by atoms with Crippen molar-refractivity contribution >= 4 is 29.4 Å². The van der Waals surface area contributed by atoms with Crippen LogP contribution in [0.1, 0.15) is 34.1 Å². The van der Waals surface area contributed by atoms with Gasteiger partial charge in [0, 0.05) is 35.3 Å². The molecule has 1 rings (SSSR count). The minimum absolute atomic E-state index is 0.0915. The molecule has 20 heavy (non-hydrogen) atoms. The maximum absolute atomic E-state index is 12.5. The molecular formula is C14H29N3OS2. The molecule has 0 bridgehead atoms. The largest absolute Gasteiger partial charge is 0.348 e. The molecule has 1 amide bonds. The Morgan fingerprint density at radius 2 is 1.85 bits per heavy atom. The number of nitrogens with one attached hydrogen (secondary N) is 1. The Kier molecular flexibility index (Phi) is 7.72. The van der Waals surface area contributed by atoms with E-state index < -0.39 is 0 Å². The van der Waals surface area contributed by atoms with Crippen LogP contribution in [0.4, 0.5) is 0 Å². The predicted molar refractivity (Wildman–Crippen MR) is 91.0 cm³/mol. The summed E-state index contributed by atoms with van der Waals surface area (Å²) in [6.07, 6.45) is 0.908. The van der Waals surface area contributed by atoms with Crippen molar-refractivity contribution in [2.75, 3.05) is 29.8 Å². The highest BCUT2D eigenvalue weighted by Crippen LogP contribution is 2.20. The van der Waals surface area contributed by atoms with Gasteiger partial charge in [0.2, 0.25) is 5.91 Å². The molecular weight excluding hydrogens is 290 g/mol. The second-order valence-corrected chi connectivity index (χ2v) is 8.34. The van der Waals surface area contributed by atoms with Crippen LogP contribution < -0.4 is 11.1 Å². The molecule has 0 aromatic rings. The zero-order chi connectivity index (χ0) is 15.2. The highest BCUT2D eigenvalue weighted by molar-refractivity contribution is 8.03. The zero-order valence-electron chi connectivity index (χ0n) is 13.1. The van der Waals surface area contributed by atoms with Crippen molar-refractivity contribution in [2.45, 2.75) is 45.7 Å². The fraction of sp³-hybridized carbons (Fsp3) is 0.929. The molecule has 0 radical (unpaired) electrons. The molecule has 1 heterocycles. The first kappa shape index (κ1) is 18.1. The summed E-state index contributed by atoms with van der Waals surface area (Å²) < 4.78 is 0. The van der Waals surface area contributed by atoms with Gasteiger partial charge in [0.25, 0.3) is 0 Å². The number of hydrogen-bond donors (Lipinski definition) is 2. The first-order valence-electron chi connectivity index (χ1n) is 7.29. The topological polar surface area (TPSA) is 58.4 Å². The van der Waals surface area contributed by atoms with E-state index in [4.69, 9.17) is 5.73 Å². The molecule has 4 nitrogen and oxygen atoms in total. The molecule has 0 aromatic heterocycles. The van der Waals surface area contributed by atoms with E-state index in [1.165, 1.54) is 11.5 Å². The summed E-state index contributed by atoms with van der Waals surface area (Å²) in [6, 6.07) is -0.0915. The molecule has 0 aromatic carbocycles. The van der Waals surface area contributed by atoms with Gasteiger partial charge in [-0.15, -0.1) is 23.5 Å². The minimum atomic E-state index is -0.300. The number of thioether (sulfide) groups is 2. The maximum Gasteiger partial charge on any atom is 0.237 e. The molecule has 3 N–H and O–H groups in total. The summed E-state index contributed by atoms with van der Waals surface area (Å²) in [6.45, 7) is 8.84. The third-order valence-corrected chi connectivity index (χ3v) is 5.82. The highest BCUT2D eigenvalue weighted by atomic mass is 32.2. The number of carbonyl (C=O) groups is 1. The van der Waals surface area contributed by atoms with Gasteiger partial charge in [0.1, 0.15) is 0 Å². The van der Waals surface area contributed by atoms with Gasteiger partial charge in [-0.05, 0) is 26.2 Å². The second-order valence-electron chi connectivity index (χ2n) is 6.19. The maximum atomic E-state index is 12.5. The lowest BCUT2D eigenvalue weighted by atomic mass is 9.90. The second kappa shape index (κ2) is 8.51. The van der Waals surface area contributed by atoms with Crippen LogP contribution in [0.2, 0.25) is 0 Å². The number of amides is 1. The first-order valence-corrected chi connectivity index (χ1v) is 9.60. The predicted octanol–water partition coefficient (Wildman–Crippen LogP) is 1.95. The Balaban J connectivity index is 2.58. The van der Waals surface area contributed by atoms with Crippen molar-refractivity contribution in [3.8, 4) is 0 Å². The monoisotopic (exact) mass is 319 g/mol. The molecule has 2 unspecified atom stereocenters. The van der Waals surface area contributed by atoms with Gasteiger partial charge in [-0.2, -0.15) is 0 Å². The Bertz CT molecular complexity index is 307. The third-order valence-electron chi connectivity index (χ3n) is 3.55. The smallest absolute Gasteiger partial charge is 0.237 e. The number of rotatable bonds is 6. The molecule has 1 saturated heterocycles. The van der Waals surface area contributed by atoms with Gasteiger partial charge in [0.15, 0.2) is 0 Å². The number of carbonyl (C=O) groups excluding carboxylic acids is 1. The molecule has 1 aliphatic heterocycles. The van der Waals surface area contributed by atoms with Gasteiger partial charge in [-0.1, -0.05) is 13.8 Å². The molecule has 1 fully saturated rings. The standard InChI is InChI=1S/C14H29N3OS2/c1-11(2)7-14(4,8-15)16-13(18)12(3)17-9-19-5-6-20-10-17/h11-12H,5-10,15H2,1-4H3,(H,16,18). The first-order chi connectivity index (χ1) is 9.38. The summed E-state index contributed by atoms with van der Waals surface area (Å²) in [5.74, 6) is 4.83. The summed E-state index contributed by atoms with van der Waals surface area (Å²) in [4.78, 5) is 14.7. The molecule has 0 saturated carbocycles. The lowest BCUT2D eigenvalue weighted by molar-refractivity contribution is -0.127. The van der Waals surface area contributed by atoms with Crippen molar-refractivity contribution < 1.29 is 4.79 Å². The van der Waals surface area contributed by atoms with Crippen LogP contribution in [0, 0.1) is 5.92 Å². The van der Waals surface area contributed by atoms with E-state index in [1.54, 1.807) is 0 Å². The molecule has 1 aliphatic rings. The summed E-state index contributed by atoms with van der Waals surface area (Å²) in [5.41, 5.74) is 5.57. The van der Waals surface area contributed by atoms with Gasteiger partial charge in [-0.3, -0.25) is 9.69 Å². The Morgan fingerprint density at radius 1 is 1.30 bits per heavy atom. The van der Waals surface area contributed by atoms with E-state index >= 15 is 0 Å². The summed E-state index contributed by atoms with van der Waals surface area (Å²) in [7, 11) is 0. The number of hydrogen-bond acceptors (Lipinski definition) is 5. The van der Waals surface area contributed by atoms with Crippen LogP contribution in [0.25, 0.3) is 0 Å². The fourth-order valence-electron chi connectivity index (χ4n) is 2.40. The van der Waals surface area contributed by atoms with E-state index in [1.807, 2.05) is 37.4 Å². The number of nitrogens with zero attached hydrogens (tertiary/aromatic N) is 1. The molecule has 2 atom stereocenters. The van der Waals surface area contributed by atoms with Crippen LogP contribution >= 0.6 is 23.5 Å². The Morgan fingerprint density at radius 3 is 2.30 bits per heavy atom. The zero-order valence-corrected chi connectivity index (χ0v) is 14.8. The van der Waals surface area contributed by atoms with E-state index in [0.29, 0.717) is 12.5 Å². The lowest BCUT2D eigenvalue weighted by Gasteiger charge is -2.34. The van der Waals surface area contributed by atoms with Gasteiger partial charge >= 0.3 is 0 Å². The lowest BCUT2D eigenvalue weighted by Crippen LogP contribution is -2.57. The highest BCUT2D eigenvalue weighted by Gasteiger charge is 2.30. The SMILES string of the molecule is CC(C)CC(C)(CN)NC(=O)C(C)N1CSCCSC1. The van der Waals surface area contributed by atoms with Gasteiger partial charge in [0.05, 0.1) is 6.04 Å². The quantitative estimate of drug-likeness (QED) is 0.784. The van der Waals surface area contributed by atoms with Crippen molar-refractivity contribution in [1.29, 1.82) is 0 Å². The molecule has 118 valence electrons. The van der Waals surface area contributed by atoms with E-state index in [0.717, 1.165) is 18.2 Å². The average molecular weight is 320 g/mol. The van der Waals surface area contributed by atoms with E-state index in [9.17, 15) is 4.79 Å². The van der Waals surface area contributed by atoms with Crippen LogP contribution in [-0.2, 0) is 4.79 Å². The Hall–Kier alpha value is 0.0900. The van der Waals surface area contributed by atoms with Crippen LogP contribution in [0.5, 0.6) is 0 Å². The van der Waals surface area contributed by atoms with Crippen LogP contribution in [-0.4, -0.2) is 52.2 Å². The van der Waals surface area contributed by atoms with Gasteiger partial charge in [-0.25, -0.2) is 0 Å². The summed E-state index contributed by atoms with van der Waals surface area (Å²) >= 11 is 3.81. The van der Waals surface area contributed by atoms with Crippen molar-refractivity contribution in [3.05, 3.63) is 0 Å². The summed E-state index contributed by atoms with van der Waals surface area (Å²) in [5, 5.41) is 3.17. The van der Waals surface area contributed by atoms with E-state index in [2.05, 4.69) is 24.1 Å². The third kappa shape index (κ3) is 5.84. The molecule has 0 aliphatic carbocycles. The van der Waals surface area contributed by atoms with Crippen LogP contribution in [0.15, 0.2) is 0 Å².